The number of alkyl halides is 3. The molecule has 1 aromatic heterocycles. The van der Waals surface area contributed by atoms with Gasteiger partial charge in [0.25, 0.3) is 11.2 Å². The molecule has 0 radical (unpaired) electrons. The van der Waals surface area contributed by atoms with Crippen molar-refractivity contribution in [1.29, 1.82) is 5.41 Å². The second-order valence-electron chi connectivity index (χ2n) is 9.59. The highest BCUT2D eigenvalue weighted by Gasteiger charge is 2.31. The molecule has 4 rings (SSSR count). The topological polar surface area (TPSA) is 97.1 Å². The van der Waals surface area contributed by atoms with Crippen molar-refractivity contribution < 1.29 is 22.6 Å². The average Bonchev–Trinajstić information content (AvgIpc) is 3.39. The van der Waals surface area contributed by atoms with Crippen molar-refractivity contribution in [3.63, 3.8) is 0 Å². The molecule has 0 aliphatic heterocycles. The molecular formula is C29H29F3N6O2S. The summed E-state index contributed by atoms with van der Waals surface area (Å²) in [6, 6.07) is 20.6. The normalized spacial score (nSPS) is 12.1. The number of aromatic nitrogens is 3. The Morgan fingerprint density at radius 1 is 1.00 bits per heavy atom. The van der Waals surface area contributed by atoms with E-state index in [4.69, 9.17) is 22.4 Å². The quantitative estimate of drug-likeness (QED) is 0.119. The lowest BCUT2D eigenvalue weighted by atomic mass is 10.0. The third kappa shape index (κ3) is 8.52. The van der Waals surface area contributed by atoms with Gasteiger partial charge in [-0.2, -0.15) is 0 Å². The van der Waals surface area contributed by atoms with Crippen molar-refractivity contribution in [2.75, 3.05) is 5.32 Å². The van der Waals surface area contributed by atoms with Gasteiger partial charge in [-0.25, -0.2) is 9.67 Å². The Morgan fingerprint density at radius 3 is 2.34 bits per heavy atom. The first kappa shape index (κ1) is 29.5. The zero-order valence-corrected chi connectivity index (χ0v) is 23.4. The zero-order valence-electron chi connectivity index (χ0n) is 22.6. The van der Waals surface area contributed by atoms with E-state index in [9.17, 15) is 13.2 Å². The van der Waals surface area contributed by atoms with E-state index in [1.807, 2.05) is 55.5 Å². The molecule has 1 heterocycles. The van der Waals surface area contributed by atoms with Gasteiger partial charge in [0.2, 0.25) is 0 Å². The van der Waals surface area contributed by atoms with Crippen molar-refractivity contribution in [1.82, 2.24) is 20.1 Å². The van der Waals surface area contributed by atoms with Gasteiger partial charge in [0.05, 0.1) is 5.69 Å². The van der Waals surface area contributed by atoms with Crippen molar-refractivity contribution in [3.05, 3.63) is 90.3 Å². The molecule has 0 aliphatic carbocycles. The molecule has 0 fully saturated rings. The second kappa shape index (κ2) is 12.8. The van der Waals surface area contributed by atoms with Crippen LogP contribution in [0.25, 0.3) is 17.1 Å². The van der Waals surface area contributed by atoms with E-state index in [0.717, 1.165) is 22.4 Å². The molecule has 214 valence electrons. The number of hydrogen-bond donors (Lipinski definition) is 3. The predicted molar refractivity (Wildman–Crippen MR) is 155 cm³/mol. The Kier molecular flexibility index (Phi) is 9.23. The van der Waals surface area contributed by atoms with Crippen LogP contribution in [0.4, 0.5) is 18.9 Å². The number of anilines is 1. The van der Waals surface area contributed by atoms with Crippen LogP contribution in [-0.4, -0.2) is 38.4 Å². The van der Waals surface area contributed by atoms with Crippen molar-refractivity contribution in [2.24, 2.45) is 0 Å². The minimum Gasteiger partial charge on any atom is -0.406 e. The van der Waals surface area contributed by atoms with Crippen LogP contribution in [0.15, 0.2) is 79.1 Å². The molecular weight excluding hydrogens is 553 g/mol. The summed E-state index contributed by atoms with van der Waals surface area (Å²) in [4.78, 5) is 4.32. The summed E-state index contributed by atoms with van der Waals surface area (Å²) in [6.07, 6.45) is -2.61. The molecule has 3 aromatic carbocycles. The molecule has 0 saturated carbocycles. The van der Waals surface area contributed by atoms with Crippen molar-refractivity contribution in [3.8, 4) is 22.8 Å². The van der Waals surface area contributed by atoms with Crippen molar-refractivity contribution >= 4 is 29.1 Å². The van der Waals surface area contributed by atoms with Crippen LogP contribution in [0.3, 0.4) is 0 Å². The number of ether oxygens (including phenoxy) is 2. The molecule has 1 unspecified atom stereocenters. The summed E-state index contributed by atoms with van der Waals surface area (Å²) in [5.74, 6) is 0.450. The highest BCUT2D eigenvalue weighted by Crippen LogP contribution is 2.25. The van der Waals surface area contributed by atoms with Gasteiger partial charge in [-0.05, 0) is 72.9 Å². The zero-order chi connectivity index (χ0) is 29.6. The molecule has 3 N–H and O–H groups in total. The number of nitrogens with zero attached hydrogens (tertiary/aromatic N) is 3. The van der Waals surface area contributed by atoms with Crippen LogP contribution in [0.5, 0.6) is 5.75 Å². The maximum atomic E-state index is 12.4. The molecule has 41 heavy (non-hydrogen) atoms. The van der Waals surface area contributed by atoms with Crippen LogP contribution in [0.2, 0.25) is 0 Å². The number of nitrogens with one attached hydrogen (secondary N) is 3. The monoisotopic (exact) mass is 582 g/mol. The molecule has 1 atom stereocenters. The summed E-state index contributed by atoms with van der Waals surface area (Å²) in [6.45, 7) is 6.12. The Bertz CT molecular complexity index is 1490. The number of amidine groups is 1. The van der Waals surface area contributed by atoms with Crippen LogP contribution in [0.1, 0.15) is 37.8 Å². The van der Waals surface area contributed by atoms with Gasteiger partial charge in [0.1, 0.15) is 12.1 Å². The summed E-state index contributed by atoms with van der Waals surface area (Å²) in [7, 11) is 0. The number of para-hydroxylation sites is 1. The van der Waals surface area contributed by atoms with Gasteiger partial charge in [-0.15, -0.1) is 18.3 Å². The van der Waals surface area contributed by atoms with E-state index < -0.39 is 6.36 Å². The first-order chi connectivity index (χ1) is 19.5. The molecule has 0 amide bonds. The van der Waals surface area contributed by atoms with Gasteiger partial charge >= 0.3 is 6.36 Å². The first-order valence-electron chi connectivity index (χ1n) is 12.8. The lowest BCUT2D eigenvalue weighted by molar-refractivity contribution is -0.274. The Hall–Kier alpha value is -4.45. The summed E-state index contributed by atoms with van der Waals surface area (Å²) in [5.41, 5.74) is 4.24. The first-order valence-corrected chi connectivity index (χ1v) is 13.2. The van der Waals surface area contributed by atoms with Gasteiger partial charge in [0, 0.05) is 17.3 Å². The lowest BCUT2D eigenvalue weighted by Crippen LogP contribution is -2.36. The van der Waals surface area contributed by atoms with Gasteiger partial charge in [-0.1, -0.05) is 56.3 Å². The maximum Gasteiger partial charge on any atom is 0.573 e. The van der Waals surface area contributed by atoms with E-state index >= 15 is 0 Å². The standard InChI is InChI=1S/C29H29F3N6O2S/c1-18(2)24-6-4-5-7-25(24)36-27(33)39-28(41)35-19(3)16-20-8-10-21(11-9-20)26-34-17-38(37-26)22-12-14-23(15-13-22)40-29(30,31)32/h4-15,17-19H,16H2,1-3H3,(H2,33,36)(H,35,41). The summed E-state index contributed by atoms with van der Waals surface area (Å²) in [5, 5.41) is 18.7. The van der Waals surface area contributed by atoms with Gasteiger partial charge < -0.3 is 20.1 Å². The highest BCUT2D eigenvalue weighted by molar-refractivity contribution is 7.80. The molecule has 12 heteroatoms. The van der Waals surface area contributed by atoms with E-state index in [1.165, 1.54) is 35.3 Å². The Balaban J connectivity index is 1.29. The number of benzene rings is 3. The fourth-order valence-electron chi connectivity index (χ4n) is 4.10. The third-order valence-corrected chi connectivity index (χ3v) is 6.17. The molecule has 0 saturated heterocycles. The largest absolute Gasteiger partial charge is 0.573 e. The maximum absolute atomic E-state index is 12.4. The van der Waals surface area contributed by atoms with Gasteiger partial charge in [-0.3, -0.25) is 5.41 Å². The number of thiocarbonyl (C=S) groups is 1. The fourth-order valence-corrected chi connectivity index (χ4v) is 4.38. The van der Waals surface area contributed by atoms with Crippen LogP contribution >= 0.6 is 12.2 Å². The summed E-state index contributed by atoms with van der Waals surface area (Å²) < 4.78 is 48.0. The molecule has 0 spiro atoms. The van der Waals surface area contributed by atoms with Gasteiger partial charge in [0.15, 0.2) is 5.82 Å². The minimum atomic E-state index is -4.75. The predicted octanol–water partition coefficient (Wildman–Crippen LogP) is 6.83. The van der Waals surface area contributed by atoms with Crippen LogP contribution in [-0.2, 0) is 11.2 Å². The number of hydrogen-bond acceptors (Lipinski definition) is 6. The van der Waals surface area contributed by atoms with Crippen LogP contribution in [0, 0.1) is 5.41 Å². The van der Waals surface area contributed by atoms with Crippen LogP contribution < -0.4 is 15.4 Å². The van der Waals surface area contributed by atoms with Crippen molar-refractivity contribution in [2.45, 2.75) is 45.5 Å². The smallest absolute Gasteiger partial charge is 0.406 e. The average molecular weight is 583 g/mol. The Morgan fingerprint density at radius 2 is 1.68 bits per heavy atom. The van der Waals surface area contributed by atoms with E-state index in [0.29, 0.717) is 17.9 Å². The third-order valence-electron chi connectivity index (χ3n) is 5.97. The highest BCUT2D eigenvalue weighted by atomic mass is 32.1. The molecule has 4 aromatic rings. The van der Waals surface area contributed by atoms with E-state index in [1.54, 1.807) is 0 Å². The SMILES string of the molecule is CC(Cc1ccc(-c2ncn(-c3ccc(OC(F)(F)F)cc3)n2)cc1)NC(=S)OC(=N)Nc1ccccc1C(C)C. The molecule has 0 aliphatic rings. The van der Waals surface area contributed by atoms with E-state index in [-0.39, 0.29) is 28.9 Å². The second-order valence-corrected chi connectivity index (χ2v) is 9.96. The molecule has 0 bridgehead atoms. The lowest BCUT2D eigenvalue weighted by Gasteiger charge is -2.18. The number of rotatable bonds is 8. The van der Waals surface area contributed by atoms with E-state index in [2.05, 4.69) is 39.3 Å². The summed E-state index contributed by atoms with van der Waals surface area (Å²) >= 11 is 5.29. The Labute approximate surface area is 241 Å². The minimum absolute atomic E-state index is 0.0641. The fraction of sp³-hybridized carbons (Fsp3) is 0.241. The molecule has 8 nitrogen and oxygen atoms in total. The number of halogens is 3.